The molecular weight excluding hydrogens is 338 g/mol. The van der Waals surface area contributed by atoms with Gasteiger partial charge in [0.2, 0.25) is 0 Å². The topological polar surface area (TPSA) is 132 Å². The molecule has 0 radical (unpaired) electrons. The van der Waals surface area contributed by atoms with E-state index >= 15 is 0 Å². The molecule has 0 bridgehead atoms. The molecule has 2 aromatic rings. The molecule has 1 aliphatic rings. The van der Waals surface area contributed by atoms with E-state index < -0.39 is 37.1 Å². The van der Waals surface area contributed by atoms with Gasteiger partial charge in [0, 0.05) is 6.07 Å². The molecular formula is C14H11N3O6S. The lowest BCUT2D eigenvalue weighted by molar-refractivity contribution is -0.393. The molecule has 0 amide bonds. The van der Waals surface area contributed by atoms with Gasteiger partial charge in [-0.15, -0.1) is 0 Å². The monoisotopic (exact) mass is 349 g/mol. The molecule has 0 spiro atoms. The van der Waals surface area contributed by atoms with Crippen LogP contribution in [0.5, 0.6) is 0 Å². The predicted molar refractivity (Wildman–Crippen MR) is 84.6 cm³/mol. The number of nitrogens with zero attached hydrogens (tertiary/aromatic N) is 2. The molecule has 0 saturated heterocycles. The molecule has 1 atom stereocenters. The van der Waals surface area contributed by atoms with Gasteiger partial charge < -0.3 is 5.32 Å². The fourth-order valence-electron chi connectivity index (χ4n) is 2.66. The highest BCUT2D eigenvalue weighted by Gasteiger charge is 2.35. The van der Waals surface area contributed by atoms with Crippen LogP contribution in [-0.2, 0) is 9.84 Å². The number of non-ortho nitro benzene ring substituents is 1. The van der Waals surface area contributed by atoms with Crippen molar-refractivity contribution in [2.75, 3.05) is 11.1 Å². The number of nitro groups is 2. The van der Waals surface area contributed by atoms with Crippen LogP contribution >= 0.6 is 0 Å². The number of rotatable bonds is 4. The van der Waals surface area contributed by atoms with E-state index in [1.807, 2.05) is 0 Å². The van der Waals surface area contributed by atoms with Gasteiger partial charge in [0.05, 0.1) is 32.6 Å². The van der Waals surface area contributed by atoms with Crippen LogP contribution in [0.3, 0.4) is 0 Å². The molecule has 9 nitrogen and oxygen atoms in total. The van der Waals surface area contributed by atoms with Crippen LogP contribution in [0.25, 0.3) is 0 Å². The second kappa shape index (κ2) is 5.57. The van der Waals surface area contributed by atoms with Crippen LogP contribution in [0.1, 0.15) is 11.6 Å². The predicted octanol–water partition coefficient (Wildman–Crippen LogP) is 2.44. The van der Waals surface area contributed by atoms with Crippen molar-refractivity contribution in [3.05, 3.63) is 68.3 Å². The number of anilines is 1. The number of nitro benzene ring substituents is 2. The fourth-order valence-corrected chi connectivity index (χ4v) is 4.40. The molecule has 1 N–H and O–H groups in total. The Bertz CT molecular complexity index is 957. The number of sulfone groups is 1. The zero-order valence-electron chi connectivity index (χ0n) is 12.1. The van der Waals surface area contributed by atoms with Crippen molar-refractivity contribution < 1.29 is 18.3 Å². The minimum Gasteiger partial charge on any atom is -0.372 e. The zero-order valence-corrected chi connectivity index (χ0v) is 12.9. The molecule has 2 aromatic carbocycles. The molecule has 1 unspecified atom stereocenters. The minimum atomic E-state index is -3.47. The quantitative estimate of drug-likeness (QED) is 0.662. The van der Waals surface area contributed by atoms with Gasteiger partial charge in [-0.1, -0.05) is 18.2 Å². The summed E-state index contributed by atoms with van der Waals surface area (Å²) < 4.78 is 24.3. The van der Waals surface area contributed by atoms with Gasteiger partial charge in [0.25, 0.3) is 11.4 Å². The summed E-state index contributed by atoms with van der Waals surface area (Å²) in [6.07, 6.45) is 0. The van der Waals surface area contributed by atoms with Crippen molar-refractivity contribution in [3.63, 3.8) is 0 Å². The van der Waals surface area contributed by atoms with Gasteiger partial charge in [-0.2, -0.15) is 0 Å². The smallest absolute Gasteiger partial charge is 0.299 e. The Morgan fingerprint density at radius 2 is 1.75 bits per heavy atom. The first-order chi connectivity index (χ1) is 11.3. The second-order valence-electron chi connectivity index (χ2n) is 5.23. The number of hydrogen-bond acceptors (Lipinski definition) is 7. The summed E-state index contributed by atoms with van der Waals surface area (Å²) in [4.78, 5) is 20.6. The van der Waals surface area contributed by atoms with E-state index in [2.05, 4.69) is 5.32 Å². The van der Waals surface area contributed by atoms with E-state index in [1.165, 1.54) is 12.1 Å². The van der Waals surface area contributed by atoms with Crippen molar-refractivity contribution in [1.29, 1.82) is 0 Å². The summed E-state index contributed by atoms with van der Waals surface area (Å²) in [6.45, 7) is 0. The molecule has 10 heteroatoms. The highest BCUT2D eigenvalue weighted by atomic mass is 32.2. The molecule has 0 saturated carbocycles. The fraction of sp³-hybridized carbons (Fsp3) is 0.143. The average molecular weight is 349 g/mol. The van der Waals surface area contributed by atoms with Gasteiger partial charge in [-0.05, 0) is 17.7 Å². The summed E-state index contributed by atoms with van der Waals surface area (Å²) in [6, 6.07) is 8.93. The van der Waals surface area contributed by atoms with E-state index in [4.69, 9.17) is 0 Å². The van der Waals surface area contributed by atoms with Gasteiger partial charge in [-0.25, -0.2) is 8.42 Å². The summed E-state index contributed by atoms with van der Waals surface area (Å²) in [7, 11) is -3.47. The summed E-state index contributed by atoms with van der Waals surface area (Å²) in [5, 5.41) is 24.8. The lowest BCUT2D eigenvalue weighted by atomic mass is 10.1. The Morgan fingerprint density at radius 3 is 2.42 bits per heavy atom. The Morgan fingerprint density at radius 1 is 1.04 bits per heavy atom. The van der Waals surface area contributed by atoms with Crippen molar-refractivity contribution in [2.24, 2.45) is 0 Å². The highest BCUT2D eigenvalue weighted by Crippen LogP contribution is 2.38. The van der Waals surface area contributed by atoms with E-state index in [-0.39, 0.29) is 16.3 Å². The molecule has 24 heavy (non-hydrogen) atoms. The van der Waals surface area contributed by atoms with Crippen LogP contribution in [0.4, 0.5) is 17.1 Å². The molecule has 1 heterocycles. The minimum absolute atomic E-state index is 0.0301. The second-order valence-corrected chi connectivity index (χ2v) is 7.23. The lowest BCUT2D eigenvalue weighted by Crippen LogP contribution is -2.14. The maximum Gasteiger partial charge on any atom is 0.299 e. The number of fused-ring (bicyclic) bond motifs is 1. The van der Waals surface area contributed by atoms with E-state index in [1.54, 1.807) is 18.2 Å². The SMILES string of the molecule is O=[N+]([O-])c1ccc(NC2CS(=O)(=O)c3ccccc32)c([N+](=O)[O-])c1. The standard InChI is InChI=1S/C14H11N3O6S/c18-16(19)9-5-6-11(13(7-9)17(20)21)15-12-8-24(22,23)14-4-2-1-3-10(12)14/h1-7,12,15H,8H2. The van der Waals surface area contributed by atoms with E-state index in [0.29, 0.717) is 5.56 Å². The van der Waals surface area contributed by atoms with Crippen LogP contribution < -0.4 is 5.32 Å². The third kappa shape index (κ3) is 2.67. The van der Waals surface area contributed by atoms with Crippen LogP contribution in [0.15, 0.2) is 47.4 Å². The van der Waals surface area contributed by atoms with Gasteiger partial charge in [0.1, 0.15) is 5.69 Å². The molecule has 124 valence electrons. The maximum atomic E-state index is 12.2. The first-order valence-electron chi connectivity index (χ1n) is 6.80. The van der Waals surface area contributed by atoms with Crippen molar-refractivity contribution in [3.8, 4) is 0 Å². The van der Waals surface area contributed by atoms with E-state index in [9.17, 15) is 28.6 Å². The van der Waals surface area contributed by atoms with Crippen molar-refractivity contribution in [2.45, 2.75) is 10.9 Å². The van der Waals surface area contributed by atoms with Crippen LogP contribution in [0.2, 0.25) is 0 Å². The average Bonchev–Trinajstić information content (AvgIpc) is 2.78. The van der Waals surface area contributed by atoms with Gasteiger partial charge in [0.15, 0.2) is 9.84 Å². The van der Waals surface area contributed by atoms with Gasteiger partial charge >= 0.3 is 0 Å². The number of nitrogens with one attached hydrogen (secondary N) is 1. The normalized spacial score (nSPS) is 17.9. The third-order valence-electron chi connectivity index (χ3n) is 3.73. The Labute approximate surface area is 136 Å². The van der Waals surface area contributed by atoms with Crippen LogP contribution in [-0.4, -0.2) is 24.0 Å². The largest absolute Gasteiger partial charge is 0.372 e. The highest BCUT2D eigenvalue weighted by molar-refractivity contribution is 7.91. The maximum absolute atomic E-state index is 12.2. The zero-order chi connectivity index (χ0) is 17.5. The molecule has 3 rings (SSSR count). The first kappa shape index (κ1) is 15.9. The molecule has 0 aromatic heterocycles. The van der Waals surface area contributed by atoms with Crippen molar-refractivity contribution >= 4 is 26.9 Å². The molecule has 0 fully saturated rings. The molecule has 1 aliphatic heterocycles. The lowest BCUT2D eigenvalue weighted by Gasteiger charge is -2.14. The molecule has 0 aliphatic carbocycles. The third-order valence-corrected chi connectivity index (χ3v) is 5.55. The summed E-state index contributed by atoms with van der Waals surface area (Å²) in [5.41, 5.74) is -0.342. The number of hydrogen-bond donors (Lipinski definition) is 1. The van der Waals surface area contributed by atoms with Crippen LogP contribution in [0, 0.1) is 20.2 Å². The summed E-state index contributed by atoms with van der Waals surface area (Å²) in [5.74, 6) is -0.236. The summed E-state index contributed by atoms with van der Waals surface area (Å²) >= 11 is 0. The first-order valence-corrected chi connectivity index (χ1v) is 8.46. The Hall–Kier alpha value is -3.01. The van der Waals surface area contributed by atoms with Gasteiger partial charge in [-0.3, -0.25) is 20.2 Å². The Kier molecular flexibility index (Phi) is 3.68. The Balaban J connectivity index is 2.01. The number of benzene rings is 2. The van der Waals surface area contributed by atoms with E-state index in [0.717, 1.165) is 12.1 Å². The van der Waals surface area contributed by atoms with Crippen molar-refractivity contribution in [1.82, 2.24) is 0 Å².